The van der Waals surface area contributed by atoms with Crippen molar-refractivity contribution in [2.75, 3.05) is 19.3 Å². The van der Waals surface area contributed by atoms with Gasteiger partial charge in [-0.1, -0.05) is 20.3 Å². The lowest BCUT2D eigenvalue weighted by molar-refractivity contribution is 0.131. The molecule has 1 unspecified atom stereocenters. The molecule has 1 aliphatic rings. The van der Waals surface area contributed by atoms with Gasteiger partial charge in [0.1, 0.15) is 0 Å². The first-order valence-electron chi connectivity index (χ1n) is 5.46. The Balaban J connectivity index is 2.27. The lowest BCUT2D eigenvalue weighted by Gasteiger charge is -2.37. The minimum Gasteiger partial charge on any atom is -0.303 e. The maximum absolute atomic E-state index is 4.42. The number of hydrogen-bond acceptors (Lipinski definition) is 2. The Bertz CT molecular complexity index is 143. The largest absolute Gasteiger partial charge is 0.303 e. The van der Waals surface area contributed by atoms with Gasteiger partial charge in [0.25, 0.3) is 0 Å². The van der Waals surface area contributed by atoms with Crippen molar-refractivity contribution in [3.8, 4) is 0 Å². The topological polar surface area (TPSA) is 3.24 Å². The van der Waals surface area contributed by atoms with E-state index in [9.17, 15) is 0 Å². The molecule has 2 heteroatoms. The van der Waals surface area contributed by atoms with Crippen LogP contribution in [0.1, 0.15) is 33.1 Å². The van der Waals surface area contributed by atoms with Crippen molar-refractivity contribution in [1.82, 2.24) is 4.90 Å². The predicted molar refractivity (Wildman–Crippen MR) is 62.5 cm³/mol. The van der Waals surface area contributed by atoms with Gasteiger partial charge in [-0.3, -0.25) is 0 Å². The van der Waals surface area contributed by atoms with Gasteiger partial charge in [0, 0.05) is 12.6 Å². The quantitative estimate of drug-likeness (QED) is 0.669. The predicted octanol–water partition coefficient (Wildman–Crippen LogP) is 2.67. The summed E-state index contributed by atoms with van der Waals surface area (Å²) in [6, 6.07) is 0.876. The lowest BCUT2D eigenvalue weighted by Crippen LogP contribution is -2.41. The zero-order valence-corrected chi connectivity index (χ0v) is 10.1. The lowest BCUT2D eigenvalue weighted by atomic mass is 9.90. The van der Waals surface area contributed by atoms with Gasteiger partial charge in [0.2, 0.25) is 0 Å². The molecule has 0 aromatic carbocycles. The van der Waals surface area contributed by atoms with E-state index in [-0.39, 0.29) is 0 Å². The van der Waals surface area contributed by atoms with Crippen molar-refractivity contribution in [2.45, 2.75) is 39.2 Å². The first-order valence-corrected chi connectivity index (χ1v) is 6.09. The van der Waals surface area contributed by atoms with Crippen LogP contribution < -0.4 is 0 Å². The van der Waals surface area contributed by atoms with Gasteiger partial charge in [-0.05, 0) is 37.5 Å². The van der Waals surface area contributed by atoms with Gasteiger partial charge in [0.05, 0.1) is 0 Å². The molecule has 13 heavy (non-hydrogen) atoms. The fraction of sp³-hybridized carbons (Fsp3) is 1.00. The summed E-state index contributed by atoms with van der Waals surface area (Å²) in [5, 5.41) is 0. The molecule has 0 amide bonds. The highest BCUT2D eigenvalue weighted by atomic mass is 32.1. The van der Waals surface area contributed by atoms with E-state index >= 15 is 0 Å². The summed E-state index contributed by atoms with van der Waals surface area (Å²) in [6.45, 7) is 5.83. The molecule has 0 aliphatic heterocycles. The van der Waals surface area contributed by atoms with Crippen LogP contribution in [0.2, 0.25) is 0 Å². The normalized spacial score (nSPS) is 20.8. The zero-order chi connectivity index (χ0) is 9.84. The van der Waals surface area contributed by atoms with E-state index in [0.29, 0.717) is 0 Å². The Labute approximate surface area is 88.3 Å². The van der Waals surface area contributed by atoms with Crippen molar-refractivity contribution in [1.29, 1.82) is 0 Å². The highest BCUT2D eigenvalue weighted by molar-refractivity contribution is 7.80. The van der Waals surface area contributed by atoms with Crippen LogP contribution in [0.4, 0.5) is 0 Å². The van der Waals surface area contributed by atoms with Crippen LogP contribution in [0, 0.1) is 11.8 Å². The van der Waals surface area contributed by atoms with Crippen LogP contribution in [0.3, 0.4) is 0 Å². The molecular formula is C11H23NS. The molecule has 0 spiro atoms. The van der Waals surface area contributed by atoms with Crippen LogP contribution in [-0.4, -0.2) is 30.3 Å². The molecule has 0 aromatic rings. The maximum Gasteiger partial charge on any atom is 0.00923 e. The van der Waals surface area contributed by atoms with E-state index in [1.807, 2.05) is 0 Å². The smallest absolute Gasteiger partial charge is 0.00923 e. The number of thiol groups is 1. The van der Waals surface area contributed by atoms with Crippen molar-refractivity contribution < 1.29 is 0 Å². The van der Waals surface area contributed by atoms with Gasteiger partial charge in [-0.2, -0.15) is 12.6 Å². The van der Waals surface area contributed by atoms with Crippen LogP contribution in [-0.2, 0) is 0 Å². The Hall–Kier alpha value is 0.310. The second-order valence-electron chi connectivity index (χ2n) is 4.71. The fourth-order valence-corrected chi connectivity index (χ4v) is 2.36. The minimum atomic E-state index is 0.758. The number of hydrogen-bond donors (Lipinski definition) is 1. The summed E-state index contributed by atoms with van der Waals surface area (Å²) in [5.41, 5.74) is 0. The molecule has 1 rings (SSSR count). The van der Waals surface area contributed by atoms with Gasteiger partial charge >= 0.3 is 0 Å². The van der Waals surface area contributed by atoms with Gasteiger partial charge in [0.15, 0.2) is 0 Å². The van der Waals surface area contributed by atoms with E-state index in [1.54, 1.807) is 0 Å². The third-order valence-corrected chi connectivity index (χ3v) is 3.87. The summed E-state index contributed by atoms with van der Waals surface area (Å²) in [7, 11) is 2.27. The summed E-state index contributed by atoms with van der Waals surface area (Å²) in [6.07, 6.45) is 4.25. The molecule has 1 fully saturated rings. The monoisotopic (exact) mass is 201 g/mol. The minimum absolute atomic E-state index is 0.758. The van der Waals surface area contributed by atoms with E-state index in [1.165, 1.54) is 25.8 Å². The SMILES string of the molecule is CC(C)C(CS)CN(C)C1CCC1. The van der Waals surface area contributed by atoms with Crippen molar-refractivity contribution in [3.63, 3.8) is 0 Å². The van der Waals surface area contributed by atoms with Gasteiger partial charge in [-0.15, -0.1) is 0 Å². The molecule has 0 N–H and O–H groups in total. The number of rotatable bonds is 5. The summed E-state index contributed by atoms with van der Waals surface area (Å²) in [4.78, 5) is 2.53. The van der Waals surface area contributed by atoms with E-state index in [4.69, 9.17) is 0 Å². The first kappa shape index (κ1) is 11.4. The molecule has 0 aromatic heterocycles. The molecule has 1 atom stereocenters. The first-order chi connectivity index (χ1) is 6.15. The molecule has 0 saturated heterocycles. The van der Waals surface area contributed by atoms with E-state index in [0.717, 1.165) is 23.6 Å². The Morgan fingerprint density at radius 1 is 1.38 bits per heavy atom. The molecule has 78 valence electrons. The number of nitrogens with zero attached hydrogens (tertiary/aromatic N) is 1. The Morgan fingerprint density at radius 3 is 2.31 bits per heavy atom. The average molecular weight is 201 g/mol. The molecule has 0 radical (unpaired) electrons. The van der Waals surface area contributed by atoms with Crippen LogP contribution >= 0.6 is 12.6 Å². The van der Waals surface area contributed by atoms with Gasteiger partial charge in [-0.25, -0.2) is 0 Å². The summed E-state index contributed by atoms with van der Waals surface area (Å²) >= 11 is 4.42. The van der Waals surface area contributed by atoms with Crippen LogP contribution in [0.5, 0.6) is 0 Å². The third kappa shape index (κ3) is 3.17. The van der Waals surface area contributed by atoms with E-state index < -0.39 is 0 Å². The molecule has 1 saturated carbocycles. The highest BCUT2D eigenvalue weighted by Gasteiger charge is 2.24. The zero-order valence-electron chi connectivity index (χ0n) is 9.16. The Kier molecular flexibility index (Phi) is 4.60. The molecule has 0 heterocycles. The van der Waals surface area contributed by atoms with Crippen LogP contribution in [0.25, 0.3) is 0 Å². The third-order valence-electron chi connectivity index (χ3n) is 3.40. The molecule has 1 aliphatic carbocycles. The standard InChI is InChI=1S/C11H23NS/c1-9(2)10(8-13)7-12(3)11-5-4-6-11/h9-11,13H,4-8H2,1-3H3. The van der Waals surface area contributed by atoms with Crippen LogP contribution in [0.15, 0.2) is 0 Å². The molecule has 0 bridgehead atoms. The maximum atomic E-state index is 4.42. The average Bonchev–Trinajstić information content (AvgIpc) is 1.96. The second kappa shape index (κ2) is 5.26. The highest BCUT2D eigenvalue weighted by Crippen LogP contribution is 2.25. The Morgan fingerprint density at radius 2 is 2.00 bits per heavy atom. The van der Waals surface area contributed by atoms with Crippen molar-refractivity contribution in [3.05, 3.63) is 0 Å². The molecular weight excluding hydrogens is 178 g/mol. The summed E-state index contributed by atoms with van der Waals surface area (Å²) < 4.78 is 0. The molecule has 1 nitrogen and oxygen atoms in total. The van der Waals surface area contributed by atoms with Gasteiger partial charge < -0.3 is 4.90 Å². The van der Waals surface area contributed by atoms with E-state index in [2.05, 4.69) is 38.4 Å². The fourth-order valence-electron chi connectivity index (χ4n) is 1.83. The van der Waals surface area contributed by atoms with Crippen molar-refractivity contribution in [2.24, 2.45) is 11.8 Å². The summed E-state index contributed by atoms with van der Waals surface area (Å²) in [5.74, 6) is 2.54. The second-order valence-corrected chi connectivity index (χ2v) is 5.08. The van der Waals surface area contributed by atoms with Crippen molar-refractivity contribution >= 4 is 12.6 Å².